The maximum absolute atomic E-state index is 11.9. The van der Waals surface area contributed by atoms with Gasteiger partial charge >= 0.3 is 0 Å². The summed E-state index contributed by atoms with van der Waals surface area (Å²) in [5.74, 6) is 0.130. The van der Waals surface area contributed by atoms with E-state index >= 15 is 0 Å². The first-order valence-electron chi connectivity index (χ1n) is 5.50. The fourth-order valence-electron chi connectivity index (χ4n) is 1.36. The van der Waals surface area contributed by atoms with Gasteiger partial charge in [-0.3, -0.25) is 9.89 Å². The molecule has 19 heavy (non-hydrogen) atoms. The monoisotopic (exact) mass is 300 g/mol. The van der Waals surface area contributed by atoms with Crippen LogP contribution in [0.15, 0.2) is 6.33 Å². The molecule has 0 saturated carbocycles. The Morgan fingerprint density at radius 1 is 1.37 bits per heavy atom. The Bertz CT molecular complexity index is 579. The number of nitrogens with one attached hydrogen (secondary N) is 2. The molecule has 0 bridgehead atoms. The lowest BCUT2D eigenvalue weighted by Crippen LogP contribution is -2.15. The largest absolute Gasteiger partial charge is 0.314 e. The van der Waals surface area contributed by atoms with Gasteiger partial charge in [0.15, 0.2) is 10.3 Å². The van der Waals surface area contributed by atoms with Crippen LogP contribution >= 0.6 is 23.2 Å². The summed E-state index contributed by atoms with van der Waals surface area (Å²) in [6.07, 6.45) is 2.82. The van der Waals surface area contributed by atoms with Gasteiger partial charge in [-0.05, 0) is 6.42 Å². The van der Waals surface area contributed by atoms with Crippen molar-refractivity contribution in [2.24, 2.45) is 0 Å². The van der Waals surface area contributed by atoms with Crippen molar-refractivity contribution in [1.82, 2.24) is 25.1 Å². The van der Waals surface area contributed by atoms with Crippen LogP contribution in [0.5, 0.6) is 0 Å². The first-order chi connectivity index (χ1) is 9.11. The van der Waals surface area contributed by atoms with Crippen LogP contribution in [0.4, 0.5) is 5.69 Å². The first kappa shape index (κ1) is 13.7. The van der Waals surface area contributed by atoms with Crippen molar-refractivity contribution >= 4 is 34.8 Å². The zero-order chi connectivity index (χ0) is 13.8. The van der Waals surface area contributed by atoms with Gasteiger partial charge in [0.1, 0.15) is 17.8 Å². The fourth-order valence-corrected chi connectivity index (χ4v) is 1.77. The predicted molar refractivity (Wildman–Crippen MR) is 70.4 cm³/mol. The normalized spacial score (nSPS) is 10.5. The lowest BCUT2D eigenvalue weighted by Gasteiger charge is -2.04. The van der Waals surface area contributed by atoms with Crippen molar-refractivity contribution in [2.45, 2.75) is 19.8 Å². The topological polar surface area (TPSA) is 96.5 Å². The maximum atomic E-state index is 11.9. The maximum Gasteiger partial charge on any atom is 0.295 e. The van der Waals surface area contributed by atoms with Crippen molar-refractivity contribution in [3.05, 3.63) is 28.3 Å². The molecule has 0 aliphatic rings. The van der Waals surface area contributed by atoms with E-state index in [4.69, 9.17) is 23.2 Å². The number of amides is 1. The molecule has 9 heteroatoms. The smallest absolute Gasteiger partial charge is 0.295 e. The predicted octanol–water partition coefficient (Wildman–Crippen LogP) is 2.11. The van der Waals surface area contributed by atoms with E-state index in [9.17, 15) is 4.79 Å². The molecule has 2 heterocycles. The van der Waals surface area contributed by atoms with E-state index in [0.29, 0.717) is 5.82 Å². The summed E-state index contributed by atoms with van der Waals surface area (Å²) >= 11 is 11.6. The van der Waals surface area contributed by atoms with Gasteiger partial charge in [-0.2, -0.15) is 0 Å². The molecule has 0 aliphatic carbocycles. The zero-order valence-corrected chi connectivity index (χ0v) is 11.5. The van der Waals surface area contributed by atoms with E-state index in [-0.39, 0.29) is 21.8 Å². The van der Waals surface area contributed by atoms with Crippen molar-refractivity contribution in [1.29, 1.82) is 0 Å². The SMILES string of the molecule is CCCc1nc(C(=O)Nc2c(Cl)ncnc2Cl)n[nH]1. The van der Waals surface area contributed by atoms with Gasteiger partial charge in [-0.15, -0.1) is 5.10 Å². The molecule has 0 fully saturated rings. The average molecular weight is 301 g/mol. The van der Waals surface area contributed by atoms with Crippen LogP contribution < -0.4 is 5.32 Å². The number of aromatic amines is 1. The van der Waals surface area contributed by atoms with Crippen molar-refractivity contribution in [3.8, 4) is 0 Å². The summed E-state index contributed by atoms with van der Waals surface area (Å²) in [5, 5.41) is 9.08. The number of nitrogens with zero attached hydrogens (tertiary/aromatic N) is 4. The molecule has 2 aromatic rings. The minimum atomic E-state index is -0.530. The van der Waals surface area contributed by atoms with Crippen LogP contribution in [-0.4, -0.2) is 31.1 Å². The highest BCUT2D eigenvalue weighted by Crippen LogP contribution is 2.25. The van der Waals surface area contributed by atoms with Crippen molar-refractivity contribution in [2.75, 3.05) is 5.32 Å². The van der Waals surface area contributed by atoms with Crippen LogP contribution in [0.25, 0.3) is 0 Å². The first-order valence-corrected chi connectivity index (χ1v) is 6.26. The molecule has 2 aromatic heterocycles. The number of rotatable bonds is 4. The summed E-state index contributed by atoms with van der Waals surface area (Å²) in [5.41, 5.74) is 0.137. The van der Waals surface area contributed by atoms with Crippen molar-refractivity contribution < 1.29 is 4.79 Å². The van der Waals surface area contributed by atoms with E-state index in [1.165, 1.54) is 6.33 Å². The molecule has 0 aromatic carbocycles. The van der Waals surface area contributed by atoms with Crippen LogP contribution in [0.3, 0.4) is 0 Å². The number of hydrogen-bond donors (Lipinski definition) is 2. The number of aryl methyl sites for hydroxylation is 1. The van der Waals surface area contributed by atoms with Crippen LogP contribution in [-0.2, 0) is 6.42 Å². The third-order valence-electron chi connectivity index (χ3n) is 2.21. The van der Waals surface area contributed by atoms with E-state index in [2.05, 4.69) is 30.5 Å². The van der Waals surface area contributed by atoms with E-state index < -0.39 is 5.91 Å². The Labute approximate surface area is 118 Å². The van der Waals surface area contributed by atoms with Gasteiger partial charge in [-0.25, -0.2) is 15.0 Å². The van der Waals surface area contributed by atoms with Crippen LogP contribution in [0, 0.1) is 0 Å². The Kier molecular flexibility index (Phi) is 4.28. The van der Waals surface area contributed by atoms with E-state index in [0.717, 1.165) is 12.8 Å². The summed E-state index contributed by atoms with van der Waals surface area (Å²) < 4.78 is 0. The fraction of sp³-hybridized carbons (Fsp3) is 0.300. The summed E-state index contributed by atoms with van der Waals surface area (Å²) in [6, 6.07) is 0. The summed E-state index contributed by atoms with van der Waals surface area (Å²) in [6.45, 7) is 2.00. The molecule has 2 N–H and O–H groups in total. The molecule has 0 unspecified atom stereocenters. The van der Waals surface area contributed by atoms with Gasteiger partial charge in [0, 0.05) is 6.42 Å². The second-order valence-corrected chi connectivity index (χ2v) is 4.36. The van der Waals surface area contributed by atoms with Gasteiger partial charge in [0.25, 0.3) is 5.91 Å². The van der Waals surface area contributed by atoms with Gasteiger partial charge in [0.05, 0.1) is 0 Å². The van der Waals surface area contributed by atoms with Crippen molar-refractivity contribution in [3.63, 3.8) is 0 Å². The molecule has 0 saturated heterocycles. The second-order valence-electron chi connectivity index (χ2n) is 3.64. The molecule has 100 valence electrons. The highest BCUT2D eigenvalue weighted by molar-refractivity contribution is 6.38. The number of carbonyl (C=O) groups excluding carboxylic acids is 1. The lowest BCUT2D eigenvalue weighted by atomic mass is 10.3. The van der Waals surface area contributed by atoms with Gasteiger partial charge in [-0.1, -0.05) is 30.1 Å². The molecular weight excluding hydrogens is 291 g/mol. The highest BCUT2D eigenvalue weighted by atomic mass is 35.5. The molecular formula is C10H10Cl2N6O. The zero-order valence-electron chi connectivity index (χ0n) is 9.94. The number of aromatic nitrogens is 5. The third kappa shape index (κ3) is 3.18. The summed E-state index contributed by atoms with van der Waals surface area (Å²) in [7, 11) is 0. The molecule has 1 amide bonds. The minimum Gasteiger partial charge on any atom is -0.314 e. The van der Waals surface area contributed by atoms with E-state index in [1.807, 2.05) is 6.92 Å². The lowest BCUT2D eigenvalue weighted by molar-refractivity contribution is 0.101. The molecule has 7 nitrogen and oxygen atoms in total. The Morgan fingerprint density at radius 2 is 2.05 bits per heavy atom. The molecule has 0 spiro atoms. The van der Waals surface area contributed by atoms with Crippen LogP contribution in [0.1, 0.15) is 29.8 Å². The Balaban J connectivity index is 2.16. The number of carbonyl (C=O) groups is 1. The number of halogens is 2. The third-order valence-corrected chi connectivity index (χ3v) is 2.79. The van der Waals surface area contributed by atoms with Crippen LogP contribution in [0.2, 0.25) is 10.3 Å². The number of anilines is 1. The standard InChI is InChI=1S/C10H10Cl2N6O/c1-2-3-5-15-9(18-17-5)10(19)16-6-7(11)13-4-14-8(6)12/h4H,2-3H2,1H3,(H,16,19)(H,15,17,18). The van der Waals surface area contributed by atoms with Gasteiger partial charge < -0.3 is 5.32 Å². The van der Waals surface area contributed by atoms with Gasteiger partial charge in [0.2, 0.25) is 5.82 Å². The Hall–Kier alpha value is -1.73. The second kappa shape index (κ2) is 5.94. The molecule has 2 rings (SSSR count). The van der Waals surface area contributed by atoms with E-state index in [1.54, 1.807) is 0 Å². The summed E-state index contributed by atoms with van der Waals surface area (Å²) in [4.78, 5) is 23.4. The minimum absolute atomic E-state index is 0.0134. The molecule has 0 aliphatic heterocycles. The quantitative estimate of drug-likeness (QED) is 0.843. The average Bonchev–Trinajstić information content (AvgIpc) is 2.83. The number of hydrogen-bond acceptors (Lipinski definition) is 5. The number of H-pyrrole nitrogens is 1. The highest BCUT2D eigenvalue weighted by Gasteiger charge is 2.16. The molecule has 0 radical (unpaired) electrons. The molecule has 0 atom stereocenters. The Morgan fingerprint density at radius 3 is 2.68 bits per heavy atom.